The largest absolute Gasteiger partial charge is 0.487 e. The average Bonchev–Trinajstić information content (AvgIpc) is 2.65. The standard InChI is InChI=1S/C29H49O/c1-21(2)12-9-13-22(3)14-10-15-23(4)16-11-18-29(8)19-17-27-25(6)20-24(5)26(7)28(27)30-29/h21-23H,9-19H2,1-8H3/t22-,23+,29-/m1/s1. The number of hydrogen-bond acceptors (Lipinski definition) is 1. The van der Waals surface area contributed by atoms with Crippen molar-refractivity contribution in [1.29, 1.82) is 0 Å². The molecule has 1 aromatic rings. The minimum atomic E-state index is 0.00262. The third kappa shape index (κ3) is 7.61. The molecule has 0 spiro atoms. The molecule has 2 rings (SSSR count). The van der Waals surface area contributed by atoms with Crippen LogP contribution in [0.25, 0.3) is 0 Å². The van der Waals surface area contributed by atoms with Gasteiger partial charge < -0.3 is 4.74 Å². The van der Waals surface area contributed by atoms with E-state index in [4.69, 9.17) is 4.74 Å². The van der Waals surface area contributed by atoms with Gasteiger partial charge in [0, 0.05) is 0 Å². The smallest absolute Gasteiger partial charge is 0.126 e. The average molecular weight is 414 g/mol. The highest BCUT2D eigenvalue weighted by atomic mass is 16.5. The van der Waals surface area contributed by atoms with E-state index in [0.29, 0.717) is 0 Å². The molecule has 3 atom stereocenters. The highest BCUT2D eigenvalue weighted by molar-refractivity contribution is 5.50. The number of benzene rings is 1. The van der Waals surface area contributed by atoms with Crippen molar-refractivity contribution in [3.63, 3.8) is 0 Å². The van der Waals surface area contributed by atoms with Gasteiger partial charge in [-0.25, -0.2) is 0 Å². The third-order valence-electron chi connectivity index (χ3n) is 7.53. The summed E-state index contributed by atoms with van der Waals surface area (Å²) in [6.07, 6.45) is 14.5. The van der Waals surface area contributed by atoms with E-state index in [1.54, 1.807) is 0 Å². The number of rotatable bonds is 12. The number of ether oxygens (including phenoxy) is 1. The SMILES string of the molecule is Cc1[c]c(C)c2c(c1C)O[C@](C)(CCC[C@@H](C)CCC[C@H](C)CCCC(C)C)CC2. The van der Waals surface area contributed by atoms with Crippen molar-refractivity contribution in [2.45, 2.75) is 132 Å². The molecular formula is C29H49O. The van der Waals surface area contributed by atoms with E-state index in [0.717, 1.165) is 36.3 Å². The maximum Gasteiger partial charge on any atom is 0.126 e. The summed E-state index contributed by atoms with van der Waals surface area (Å²) in [5, 5.41) is 0. The molecule has 0 fully saturated rings. The van der Waals surface area contributed by atoms with Crippen LogP contribution in [0.15, 0.2) is 0 Å². The molecule has 1 heteroatoms. The maximum absolute atomic E-state index is 6.64. The van der Waals surface area contributed by atoms with Crippen LogP contribution in [0.2, 0.25) is 0 Å². The van der Waals surface area contributed by atoms with Crippen molar-refractivity contribution in [1.82, 2.24) is 0 Å². The van der Waals surface area contributed by atoms with Crippen LogP contribution in [0.3, 0.4) is 0 Å². The highest BCUT2D eigenvalue weighted by Gasteiger charge is 2.33. The Balaban J connectivity index is 1.70. The summed E-state index contributed by atoms with van der Waals surface area (Å²) in [7, 11) is 0. The van der Waals surface area contributed by atoms with Crippen LogP contribution in [0, 0.1) is 44.6 Å². The second kappa shape index (κ2) is 11.6. The van der Waals surface area contributed by atoms with Crippen LogP contribution >= 0.6 is 0 Å². The molecule has 171 valence electrons. The quantitative estimate of drug-likeness (QED) is 0.332. The van der Waals surface area contributed by atoms with Crippen LogP contribution < -0.4 is 4.74 Å². The van der Waals surface area contributed by atoms with Crippen molar-refractivity contribution >= 4 is 0 Å². The molecule has 0 bridgehead atoms. The first-order chi connectivity index (χ1) is 14.1. The van der Waals surface area contributed by atoms with Gasteiger partial charge in [-0.2, -0.15) is 0 Å². The monoisotopic (exact) mass is 413 g/mol. The summed E-state index contributed by atoms with van der Waals surface area (Å²) < 4.78 is 6.64. The van der Waals surface area contributed by atoms with Crippen molar-refractivity contribution in [2.75, 3.05) is 0 Å². The maximum atomic E-state index is 6.64. The Morgan fingerprint density at radius 2 is 1.40 bits per heavy atom. The summed E-state index contributed by atoms with van der Waals surface area (Å²) in [5.41, 5.74) is 5.21. The molecular weight excluding hydrogens is 364 g/mol. The van der Waals surface area contributed by atoms with Gasteiger partial charge in [0.25, 0.3) is 0 Å². The lowest BCUT2D eigenvalue weighted by Gasteiger charge is -2.38. The van der Waals surface area contributed by atoms with E-state index in [2.05, 4.69) is 61.5 Å². The first kappa shape index (κ1) is 25.3. The number of aryl methyl sites for hydroxylation is 2. The Kier molecular flexibility index (Phi) is 9.76. The number of hydrogen-bond donors (Lipinski definition) is 0. The summed E-state index contributed by atoms with van der Waals surface area (Å²) in [6.45, 7) is 18.5. The predicted octanol–water partition coefficient (Wildman–Crippen LogP) is 8.93. The van der Waals surface area contributed by atoms with Gasteiger partial charge >= 0.3 is 0 Å². The van der Waals surface area contributed by atoms with Crippen molar-refractivity contribution in [3.05, 3.63) is 28.3 Å². The first-order valence-electron chi connectivity index (χ1n) is 12.8. The molecule has 0 aliphatic carbocycles. The fraction of sp³-hybridized carbons (Fsp3) is 0.793. The van der Waals surface area contributed by atoms with Gasteiger partial charge in [0.1, 0.15) is 11.4 Å². The van der Waals surface area contributed by atoms with Crippen LogP contribution in [0.5, 0.6) is 5.75 Å². The van der Waals surface area contributed by atoms with E-state index in [1.807, 2.05) is 0 Å². The zero-order chi connectivity index (χ0) is 22.3. The minimum absolute atomic E-state index is 0.00262. The van der Waals surface area contributed by atoms with Crippen LogP contribution in [0.1, 0.15) is 121 Å². The van der Waals surface area contributed by atoms with Gasteiger partial charge in [-0.15, -0.1) is 0 Å². The molecule has 30 heavy (non-hydrogen) atoms. The Bertz CT molecular complexity index is 659. The Morgan fingerprint density at radius 3 is 2.00 bits per heavy atom. The summed E-state index contributed by atoms with van der Waals surface area (Å²) in [6, 6.07) is 3.52. The fourth-order valence-electron chi connectivity index (χ4n) is 5.12. The van der Waals surface area contributed by atoms with Gasteiger partial charge in [0.15, 0.2) is 0 Å². The predicted molar refractivity (Wildman–Crippen MR) is 132 cm³/mol. The lowest BCUT2D eigenvalue weighted by Crippen LogP contribution is -2.37. The molecule has 0 saturated carbocycles. The first-order valence-corrected chi connectivity index (χ1v) is 12.8. The molecule has 1 heterocycles. The third-order valence-corrected chi connectivity index (χ3v) is 7.53. The molecule has 0 aromatic heterocycles. The molecule has 1 aliphatic heterocycles. The molecule has 0 N–H and O–H groups in total. The molecule has 0 amide bonds. The van der Waals surface area contributed by atoms with E-state index >= 15 is 0 Å². The fourth-order valence-corrected chi connectivity index (χ4v) is 5.12. The molecule has 1 radical (unpaired) electrons. The lowest BCUT2D eigenvalue weighted by atomic mass is 9.84. The Morgan fingerprint density at radius 1 is 0.833 bits per heavy atom. The van der Waals surface area contributed by atoms with E-state index in [1.165, 1.54) is 80.0 Å². The van der Waals surface area contributed by atoms with Gasteiger partial charge in [0.05, 0.1) is 0 Å². The second-order valence-corrected chi connectivity index (χ2v) is 11.2. The summed E-state index contributed by atoms with van der Waals surface area (Å²) in [4.78, 5) is 0. The summed E-state index contributed by atoms with van der Waals surface area (Å²) in [5.74, 6) is 3.76. The number of fused-ring (bicyclic) bond motifs is 1. The van der Waals surface area contributed by atoms with Crippen LogP contribution in [0.4, 0.5) is 0 Å². The van der Waals surface area contributed by atoms with E-state index in [9.17, 15) is 0 Å². The van der Waals surface area contributed by atoms with Crippen LogP contribution in [-0.4, -0.2) is 5.60 Å². The highest BCUT2D eigenvalue weighted by Crippen LogP contribution is 2.40. The molecule has 1 aliphatic rings. The van der Waals surface area contributed by atoms with Crippen molar-refractivity contribution in [3.8, 4) is 5.75 Å². The molecule has 1 aromatic carbocycles. The lowest BCUT2D eigenvalue weighted by molar-refractivity contribution is 0.0513. The Hall–Kier alpha value is -0.980. The van der Waals surface area contributed by atoms with Crippen LogP contribution in [-0.2, 0) is 6.42 Å². The van der Waals surface area contributed by atoms with E-state index in [-0.39, 0.29) is 5.60 Å². The minimum Gasteiger partial charge on any atom is -0.487 e. The molecule has 1 nitrogen and oxygen atoms in total. The Labute approximate surface area is 188 Å². The van der Waals surface area contributed by atoms with Crippen molar-refractivity contribution in [2.24, 2.45) is 17.8 Å². The normalized spacial score (nSPS) is 20.7. The van der Waals surface area contributed by atoms with Gasteiger partial charge in [0.2, 0.25) is 0 Å². The molecule has 0 saturated heterocycles. The van der Waals surface area contributed by atoms with E-state index < -0.39 is 0 Å². The zero-order valence-electron chi connectivity index (χ0n) is 21.4. The molecule has 0 unspecified atom stereocenters. The zero-order valence-corrected chi connectivity index (χ0v) is 21.4. The summed E-state index contributed by atoms with van der Waals surface area (Å²) >= 11 is 0. The van der Waals surface area contributed by atoms with Crippen molar-refractivity contribution < 1.29 is 4.74 Å². The van der Waals surface area contributed by atoms with Gasteiger partial charge in [-0.05, 0) is 99.5 Å². The van der Waals surface area contributed by atoms with Gasteiger partial charge in [-0.3, -0.25) is 0 Å². The van der Waals surface area contributed by atoms with Gasteiger partial charge in [-0.1, -0.05) is 72.6 Å². The topological polar surface area (TPSA) is 9.23 Å². The second-order valence-electron chi connectivity index (χ2n) is 11.2.